The van der Waals surface area contributed by atoms with Crippen LogP contribution in [0.1, 0.15) is 46.5 Å². The van der Waals surface area contributed by atoms with Gasteiger partial charge in [-0.25, -0.2) is 17.2 Å². The summed E-state index contributed by atoms with van der Waals surface area (Å²) in [6.45, 7) is 7.78. The van der Waals surface area contributed by atoms with Gasteiger partial charge in [-0.3, -0.25) is 4.79 Å². The maximum Gasteiger partial charge on any atom is 0.501 e. The number of hydrogen-bond donors (Lipinski definition) is 1. The van der Waals surface area contributed by atoms with E-state index in [1.807, 2.05) is 13.8 Å². The largest absolute Gasteiger partial charge is 0.501 e. The molecular formula is C19H23F5O4S. The van der Waals surface area contributed by atoms with Crippen molar-refractivity contribution < 1.29 is 40.3 Å². The zero-order valence-electron chi connectivity index (χ0n) is 16.2. The second-order valence-corrected chi connectivity index (χ2v) is 10.4. The van der Waals surface area contributed by atoms with E-state index >= 15 is 0 Å². The Labute approximate surface area is 166 Å². The minimum atomic E-state index is -5.95. The average molecular weight is 442 g/mol. The predicted molar refractivity (Wildman–Crippen MR) is 96.6 cm³/mol. The minimum Gasteiger partial charge on any atom is -0.382 e. The van der Waals surface area contributed by atoms with Crippen LogP contribution in [0.3, 0.4) is 0 Å². The van der Waals surface area contributed by atoms with E-state index in [1.165, 1.54) is 0 Å². The SMILES string of the molecule is C=C/C(=C1/CC(F)(F)[C@@H](O)/C1=C(/C)S(=O)(=O)C(F)(F)F)C1CC(C)(C)CCC1=O. The van der Waals surface area contributed by atoms with Crippen molar-refractivity contribution in [1.29, 1.82) is 0 Å². The number of Topliss-reactive ketones (excluding diaryl/α,β-unsaturated/α-hetero) is 1. The van der Waals surface area contributed by atoms with Gasteiger partial charge in [-0.2, -0.15) is 13.2 Å². The van der Waals surface area contributed by atoms with Crippen molar-refractivity contribution in [2.24, 2.45) is 11.3 Å². The Balaban J connectivity index is 2.80. The molecule has 164 valence electrons. The van der Waals surface area contributed by atoms with E-state index in [-0.39, 0.29) is 29.6 Å². The van der Waals surface area contributed by atoms with Gasteiger partial charge in [0.25, 0.3) is 15.8 Å². The highest BCUT2D eigenvalue weighted by molar-refractivity contribution is 7.96. The molecule has 1 unspecified atom stereocenters. The van der Waals surface area contributed by atoms with E-state index in [1.54, 1.807) is 0 Å². The molecule has 2 fully saturated rings. The number of aliphatic hydroxyl groups is 1. The Kier molecular flexibility index (Phi) is 5.97. The molecule has 2 atom stereocenters. The minimum absolute atomic E-state index is 0.0503. The molecule has 0 heterocycles. The first-order valence-corrected chi connectivity index (χ1v) is 10.4. The third-order valence-electron chi connectivity index (χ3n) is 5.64. The first-order valence-electron chi connectivity index (χ1n) is 8.93. The van der Waals surface area contributed by atoms with E-state index < -0.39 is 55.8 Å². The van der Waals surface area contributed by atoms with Gasteiger partial charge < -0.3 is 5.11 Å². The van der Waals surface area contributed by atoms with Crippen molar-refractivity contribution >= 4 is 15.6 Å². The molecule has 2 rings (SSSR count). The Morgan fingerprint density at radius 3 is 2.31 bits per heavy atom. The number of sulfone groups is 1. The molecule has 0 aromatic carbocycles. The second-order valence-electron chi connectivity index (χ2n) is 8.28. The normalized spacial score (nSPS) is 30.9. The Morgan fingerprint density at radius 1 is 1.28 bits per heavy atom. The lowest BCUT2D eigenvalue weighted by Gasteiger charge is -2.35. The topological polar surface area (TPSA) is 71.4 Å². The predicted octanol–water partition coefficient (Wildman–Crippen LogP) is 4.47. The Morgan fingerprint density at radius 2 is 1.83 bits per heavy atom. The van der Waals surface area contributed by atoms with Crippen LogP contribution in [0.2, 0.25) is 0 Å². The molecule has 0 amide bonds. The summed E-state index contributed by atoms with van der Waals surface area (Å²) in [6, 6.07) is 0. The lowest BCUT2D eigenvalue weighted by atomic mass is 9.68. The monoisotopic (exact) mass is 442 g/mol. The molecule has 0 spiro atoms. The number of aliphatic hydroxyl groups excluding tert-OH is 1. The van der Waals surface area contributed by atoms with E-state index in [0.29, 0.717) is 13.3 Å². The Hall–Kier alpha value is -1.55. The second kappa shape index (κ2) is 7.30. The number of allylic oxidation sites excluding steroid dienone is 3. The quantitative estimate of drug-likeness (QED) is 0.655. The Bertz CT molecular complexity index is 894. The highest BCUT2D eigenvalue weighted by atomic mass is 32.2. The van der Waals surface area contributed by atoms with E-state index in [2.05, 4.69) is 6.58 Å². The van der Waals surface area contributed by atoms with Gasteiger partial charge in [-0.15, -0.1) is 0 Å². The molecule has 0 aliphatic heterocycles. The molecule has 1 N–H and O–H groups in total. The van der Waals surface area contributed by atoms with Crippen molar-refractivity contribution in [2.75, 3.05) is 0 Å². The van der Waals surface area contributed by atoms with Crippen LogP contribution in [0, 0.1) is 11.3 Å². The van der Waals surface area contributed by atoms with Gasteiger partial charge in [0.1, 0.15) is 11.9 Å². The van der Waals surface area contributed by atoms with Crippen molar-refractivity contribution in [1.82, 2.24) is 0 Å². The molecule has 0 aromatic heterocycles. The number of alkyl halides is 5. The first kappa shape index (κ1) is 23.7. The van der Waals surface area contributed by atoms with Gasteiger partial charge in [-0.1, -0.05) is 26.5 Å². The van der Waals surface area contributed by atoms with Gasteiger partial charge in [0.2, 0.25) is 0 Å². The molecular weight excluding hydrogens is 419 g/mol. The van der Waals surface area contributed by atoms with E-state index in [4.69, 9.17) is 0 Å². The summed E-state index contributed by atoms with van der Waals surface area (Å²) in [5.74, 6) is -5.08. The highest BCUT2D eigenvalue weighted by Gasteiger charge is 2.55. The van der Waals surface area contributed by atoms with Crippen LogP contribution >= 0.6 is 0 Å². The van der Waals surface area contributed by atoms with Crippen LogP contribution in [0.25, 0.3) is 0 Å². The summed E-state index contributed by atoms with van der Waals surface area (Å²) in [5, 5.41) is 10.0. The number of halogens is 5. The van der Waals surface area contributed by atoms with Crippen LogP contribution in [-0.2, 0) is 14.6 Å². The first-order chi connectivity index (χ1) is 13.0. The number of hydrogen-bond acceptors (Lipinski definition) is 4. The van der Waals surface area contributed by atoms with Gasteiger partial charge in [0.05, 0.1) is 4.91 Å². The molecule has 10 heteroatoms. The summed E-state index contributed by atoms with van der Waals surface area (Å²) in [7, 11) is -5.95. The molecule has 0 bridgehead atoms. The fourth-order valence-corrected chi connectivity index (χ4v) is 4.82. The van der Waals surface area contributed by atoms with Crippen LogP contribution in [0.5, 0.6) is 0 Å². The molecule has 29 heavy (non-hydrogen) atoms. The van der Waals surface area contributed by atoms with Gasteiger partial charge in [-0.05, 0) is 36.3 Å². The molecule has 4 nitrogen and oxygen atoms in total. The van der Waals surface area contributed by atoms with Gasteiger partial charge in [0, 0.05) is 24.3 Å². The highest BCUT2D eigenvalue weighted by Crippen LogP contribution is 2.50. The summed E-state index contributed by atoms with van der Waals surface area (Å²) in [4.78, 5) is 11.1. The van der Waals surface area contributed by atoms with Crippen LogP contribution in [0.4, 0.5) is 22.0 Å². The lowest BCUT2D eigenvalue weighted by Crippen LogP contribution is -2.32. The van der Waals surface area contributed by atoms with Gasteiger partial charge in [0.15, 0.2) is 0 Å². The van der Waals surface area contributed by atoms with Crippen molar-refractivity contribution in [3.63, 3.8) is 0 Å². The molecule has 2 aliphatic carbocycles. The summed E-state index contributed by atoms with van der Waals surface area (Å²) in [6.07, 6.45) is -1.86. The molecule has 0 saturated heterocycles. The lowest BCUT2D eigenvalue weighted by molar-refractivity contribution is -0.125. The van der Waals surface area contributed by atoms with Crippen molar-refractivity contribution in [2.45, 2.75) is 64.0 Å². The maximum atomic E-state index is 14.3. The summed E-state index contributed by atoms with van der Waals surface area (Å²) < 4.78 is 91.3. The average Bonchev–Trinajstić information content (AvgIpc) is 2.79. The van der Waals surface area contributed by atoms with Gasteiger partial charge >= 0.3 is 5.51 Å². The van der Waals surface area contributed by atoms with Crippen molar-refractivity contribution in [3.05, 3.63) is 34.3 Å². The number of ketones is 1. The zero-order valence-corrected chi connectivity index (χ0v) is 17.1. The third kappa shape index (κ3) is 4.19. The molecule has 2 saturated carbocycles. The van der Waals surface area contributed by atoms with E-state index in [9.17, 15) is 40.3 Å². The number of carbonyl (C=O) groups excluding carboxylic acids is 1. The third-order valence-corrected chi connectivity index (χ3v) is 7.27. The molecule has 0 radical (unpaired) electrons. The number of rotatable bonds is 3. The summed E-state index contributed by atoms with van der Waals surface area (Å²) >= 11 is 0. The van der Waals surface area contributed by atoms with Crippen LogP contribution in [-0.4, -0.2) is 36.8 Å². The summed E-state index contributed by atoms with van der Waals surface area (Å²) in [5.41, 5.74) is -7.56. The standard InChI is InChI=1S/C19H23F5O4S/c1-5-11(12-8-17(3,4)7-6-14(12)25)13-9-18(20,21)16(26)15(13)10(2)29(27,28)19(22,23)24/h5,12,16,26H,1,6-9H2,2-4H3/b13-11+,15-10-/t12?,16-/m0/s1. The van der Waals surface area contributed by atoms with Crippen molar-refractivity contribution in [3.8, 4) is 0 Å². The zero-order chi connectivity index (χ0) is 22.6. The van der Waals surface area contributed by atoms with Crippen LogP contribution < -0.4 is 0 Å². The van der Waals surface area contributed by atoms with Crippen LogP contribution in [0.15, 0.2) is 34.3 Å². The fourth-order valence-electron chi connectivity index (χ4n) is 3.95. The fraction of sp³-hybridized carbons (Fsp3) is 0.632. The molecule has 0 aromatic rings. The smallest absolute Gasteiger partial charge is 0.382 e. The number of carbonyl (C=O) groups is 1. The maximum absolute atomic E-state index is 14.3. The molecule has 2 aliphatic rings. The van der Waals surface area contributed by atoms with E-state index in [0.717, 1.165) is 6.08 Å².